The molecule has 3 nitrogen and oxygen atoms in total. The van der Waals surface area contributed by atoms with Crippen LogP contribution in [0.2, 0.25) is 0 Å². The maximum Gasteiger partial charge on any atom is 0.0509 e. The SMILES string of the molecule is CC(C)(C)C(NN)c1ccncc1. The van der Waals surface area contributed by atoms with E-state index in [1.807, 2.05) is 12.1 Å². The van der Waals surface area contributed by atoms with Crippen LogP contribution in [0.5, 0.6) is 0 Å². The Balaban J connectivity index is 2.92. The summed E-state index contributed by atoms with van der Waals surface area (Å²) in [5.41, 5.74) is 4.11. The molecular formula is C10H17N3. The molecule has 1 unspecified atom stereocenters. The summed E-state index contributed by atoms with van der Waals surface area (Å²) in [5.74, 6) is 5.52. The molecule has 0 radical (unpaired) electrons. The first-order chi connectivity index (χ1) is 6.05. The Labute approximate surface area is 79.3 Å². The van der Waals surface area contributed by atoms with E-state index >= 15 is 0 Å². The smallest absolute Gasteiger partial charge is 0.0509 e. The van der Waals surface area contributed by atoms with Crippen molar-refractivity contribution in [3.63, 3.8) is 0 Å². The van der Waals surface area contributed by atoms with Gasteiger partial charge in [0.25, 0.3) is 0 Å². The molecule has 0 saturated heterocycles. The zero-order valence-corrected chi connectivity index (χ0v) is 8.41. The molecule has 1 atom stereocenters. The van der Waals surface area contributed by atoms with Crippen molar-refractivity contribution in [2.45, 2.75) is 26.8 Å². The monoisotopic (exact) mass is 179 g/mol. The fraction of sp³-hybridized carbons (Fsp3) is 0.500. The second-order valence-electron chi connectivity index (χ2n) is 4.25. The van der Waals surface area contributed by atoms with Crippen molar-refractivity contribution in [1.82, 2.24) is 10.4 Å². The second kappa shape index (κ2) is 3.85. The molecule has 0 fully saturated rings. The van der Waals surface area contributed by atoms with Gasteiger partial charge in [-0.2, -0.15) is 0 Å². The minimum absolute atomic E-state index is 0.107. The molecule has 0 aromatic carbocycles. The van der Waals surface area contributed by atoms with Gasteiger partial charge in [0, 0.05) is 12.4 Å². The number of nitrogens with zero attached hydrogens (tertiary/aromatic N) is 1. The van der Waals surface area contributed by atoms with Crippen molar-refractivity contribution in [3.05, 3.63) is 30.1 Å². The lowest BCUT2D eigenvalue weighted by molar-refractivity contribution is 0.275. The molecule has 13 heavy (non-hydrogen) atoms. The van der Waals surface area contributed by atoms with E-state index in [0.717, 1.165) is 0 Å². The van der Waals surface area contributed by atoms with E-state index < -0.39 is 0 Å². The summed E-state index contributed by atoms with van der Waals surface area (Å²) in [4.78, 5) is 3.98. The van der Waals surface area contributed by atoms with Gasteiger partial charge < -0.3 is 0 Å². The van der Waals surface area contributed by atoms with Crippen LogP contribution in [0.4, 0.5) is 0 Å². The van der Waals surface area contributed by atoms with Crippen molar-refractivity contribution in [3.8, 4) is 0 Å². The molecular weight excluding hydrogens is 162 g/mol. The summed E-state index contributed by atoms with van der Waals surface area (Å²) in [7, 11) is 0. The summed E-state index contributed by atoms with van der Waals surface area (Å²) in [6.07, 6.45) is 3.57. The van der Waals surface area contributed by atoms with Gasteiger partial charge >= 0.3 is 0 Å². The van der Waals surface area contributed by atoms with Crippen molar-refractivity contribution in [1.29, 1.82) is 0 Å². The first-order valence-electron chi connectivity index (χ1n) is 4.42. The van der Waals surface area contributed by atoms with Crippen LogP contribution in [-0.2, 0) is 0 Å². The molecule has 1 rings (SSSR count). The number of pyridine rings is 1. The van der Waals surface area contributed by atoms with E-state index in [9.17, 15) is 0 Å². The third kappa shape index (κ3) is 2.50. The molecule has 3 N–H and O–H groups in total. The van der Waals surface area contributed by atoms with Crippen molar-refractivity contribution < 1.29 is 0 Å². The lowest BCUT2D eigenvalue weighted by atomic mass is 9.83. The maximum atomic E-state index is 5.52. The lowest BCUT2D eigenvalue weighted by Gasteiger charge is -2.30. The molecule has 0 aliphatic carbocycles. The Morgan fingerprint density at radius 1 is 1.31 bits per heavy atom. The summed E-state index contributed by atoms with van der Waals surface area (Å²) >= 11 is 0. The number of hydrogen-bond donors (Lipinski definition) is 2. The number of hydrogen-bond acceptors (Lipinski definition) is 3. The van der Waals surface area contributed by atoms with E-state index in [0.29, 0.717) is 0 Å². The summed E-state index contributed by atoms with van der Waals surface area (Å²) in [5, 5.41) is 0. The largest absolute Gasteiger partial charge is 0.271 e. The zero-order chi connectivity index (χ0) is 9.90. The number of rotatable bonds is 2. The van der Waals surface area contributed by atoms with Gasteiger partial charge in [-0.25, -0.2) is 0 Å². The Morgan fingerprint density at radius 3 is 2.23 bits per heavy atom. The van der Waals surface area contributed by atoms with Crippen molar-refractivity contribution >= 4 is 0 Å². The van der Waals surface area contributed by atoms with E-state index in [1.165, 1.54) is 5.56 Å². The van der Waals surface area contributed by atoms with Gasteiger partial charge in [-0.05, 0) is 23.1 Å². The number of nitrogens with two attached hydrogens (primary N) is 1. The van der Waals surface area contributed by atoms with Crippen LogP contribution in [0.3, 0.4) is 0 Å². The quantitative estimate of drug-likeness (QED) is 0.536. The molecule has 1 aromatic heterocycles. The molecule has 3 heteroatoms. The van der Waals surface area contributed by atoms with Gasteiger partial charge in [-0.3, -0.25) is 16.3 Å². The lowest BCUT2D eigenvalue weighted by Crippen LogP contribution is -2.36. The zero-order valence-electron chi connectivity index (χ0n) is 8.41. The van der Waals surface area contributed by atoms with Crippen LogP contribution in [-0.4, -0.2) is 4.98 Å². The van der Waals surface area contributed by atoms with Crippen LogP contribution in [0, 0.1) is 5.41 Å². The second-order valence-corrected chi connectivity index (χ2v) is 4.25. The van der Waals surface area contributed by atoms with Gasteiger partial charge in [0.15, 0.2) is 0 Å². The Morgan fingerprint density at radius 2 is 1.85 bits per heavy atom. The molecule has 1 aromatic rings. The molecule has 0 bridgehead atoms. The number of aromatic nitrogens is 1. The van der Waals surface area contributed by atoms with E-state index in [1.54, 1.807) is 12.4 Å². The highest BCUT2D eigenvalue weighted by Crippen LogP contribution is 2.31. The van der Waals surface area contributed by atoms with Crippen molar-refractivity contribution in [2.24, 2.45) is 11.3 Å². The number of nitrogens with one attached hydrogen (secondary N) is 1. The third-order valence-electron chi connectivity index (χ3n) is 2.07. The fourth-order valence-electron chi connectivity index (χ4n) is 1.40. The average molecular weight is 179 g/mol. The minimum atomic E-state index is 0.107. The predicted octanol–water partition coefficient (Wildman–Crippen LogP) is 1.63. The van der Waals surface area contributed by atoms with E-state index in [4.69, 9.17) is 5.84 Å². The molecule has 0 aliphatic rings. The fourth-order valence-corrected chi connectivity index (χ4v) is 1.40. The van der Waals surface area contributed by atoms with E-state index in [2.05, 4.69) is 31.2 Å². The standard InChI is InChI=1S/C10H17N3/c1-10(2,3)9(13-11)8-4-6-12-7-5-8/h4-7,9,13H,11H2,1-3H3. The highest BCUT2D eigenvalue weighted by molar-refractivity contribution is 5.16. The summed E-state index contributed by atoms with van der Waals surface area (Å²) in [6.45, 7) is 6.45. The Bertz CT molecular complexity index is 251. The average Bonchev–Trinajstić information content (AvgIpc) is 2.05. The highest BCUT2D eigenvalue weighted by Gasteiger charge is 2.24. The van der Waals surface area contributed by atoms with Crippen molar-refractivity contribution in [2.75, 3.05) is 0 Å². The molecule has 0 saturated carbocycles. The van der Waals surface area contributed by atoms with Crippen LogP contribution >= 0.6 is 0 Å². The topological polar surface area (TPSA) is 50.9 Å². The van der Waals surface area contributed by atoms with Gasteiger partial charge in [-0.1, -0.05) is 20.8 Å². The van der Waals surface area contributed by atoms with Crippen LogP contribution in [0.25, 0.3) is 0 Å². The number of hydrazine groups is 1. The van der Waals surface area contributed by atoms with E-state index in [-0.39, 0.29) is 11.5 Å². The normalized spacial score (nSPS) is 14.2. The molecule has 0 spiro atoms. The molecule has 0 aliphatic heterocycles. The first-order valence-corrected chi connectivity index (χ1v) is 4.42. The van der Waals surface area contributed by atoms with Gasteiger partial charge in [0.1, 0.15) is 0 Å². The minimum Gasteiger partial charge on any atom is -0.271 e. The van der Waals surface area contributed by atoms with Gasteiger partial charge in [-0.15, -0.1) is 0 Å². The summed E-state index contributed by atoms with van der Waals surface area (Å²) < 4.78 is 0. The first kappa shape index (κ1) is 10.2. The van der Waals surface area contributed by atoms with Gasteiger partial charge in [0.2, 0.25) is 0 Å². The van der Waals surface area contributed by atoms with Gasteiger partial charge in [0.05, 0.1) is 6.04 Å². The molecule has 0 amide bonds. The van der Waals surface area contributed by atoms with Crippen LogP contribution in [0.1, 0.15) is 32.4 Å². The Kier molecular flexibility index (Phi) is 3.01. The highest BCUT2D eigenvalue weighted by atomic mass is 15.2. The van der Waals surface area contributed by atoms with Crippen LogP contribution < -0.4 is 11.3 Å². The third-order valence-corrected chi connectivity index (χ3v) is 2.07. The Hall–Kier alpha value is -0.930. The summed E-state index contributed by atoms with van der Waals surface area (Å²) in [6, 6.07) is 4.13. The maximum absolute atomic E-state index is 5.52. The molecule has 72 valence electrons. The predicted molar refractivity (Wildman–Crippen MR) is 53.8 cm³/mol. The molecule has 1 heterocycles. The van der Waals surface area contributed by atoms with Crippen LogP contribution in [0.15, 0.2) is 24.5 Å².